The molecule has 0 unspecified atom stereocenters. The van der Waals surface area contributed by atoms with E-state index >= 15 is 0 Å². The molecular weight excluding hydrogens is 382 g/mol. The van der Waals surface area contributed by atoms with Crippen molar-refractivity contribution in [2.24, 2.45) is 0 Å². The molecule has 7 heteroatoms. The predicted molar refractivity (Wildman–Crippen MR) is 114 cm³/mol. The molecule has 2 heterocycles. The fourth-order valence-electron chi connectivity index (χ4n) is 4.93. The fraction of sp³-hybridized carbons (Fsp3) is 0.652. The lowest BCUT2D eigenvalue weighted by Crippen LogP contribution is -2.55. The van der Waals surface area contributed by atoms with Crippen LogP contribution in [0.15, 0.2) is 18.2 Å². The molecule has 4 rings (SSSR count). The zero-order valence-electron chi connectivity index (χ0n) is 18.1. The van der Waals surface area contributed by atoms with Crippen LogP contribution in [-0.2, 0) is 15.0 Å². The van der Waals surface area contributed by atoms with Crippen LogP contribution in [0.2, 0.25) is 0 Å². The van der Waals surface area contributed by atoms with Crippen molar-refractivity contribution in [2.45, 2.75) is 51.0 Å². The Labute approximate surface area is 178 Å². The van der Waals surface area contributed by atoms with Crippen molar-refractivity contribution in [3.05, 3.63) is 23.8 Å². The number of carbonyl (C=O) groups is 2. The van der Waals surface area contributed by atoms with Crippen molar-refractivity contribution >= 4 is 11.8 Å². The van der Waals surface area contributed by atoms with Crippen LogP contribution in [0.4, 0.5) is 0 Å². The normalized spacial score (nSPS) is 21.0. The summed E-state index contributed by atoms with van der Waals surface area (Å²) in [7, 11) is 0. The summed E-state index contributed by atoms with van der Waals surface area (Å²) in [5, 5.41) is 2.94. The first-order chi connectivity index (χ1) is 14.5. The van der Waals surface area contributed by atoms with Gasteiger partial charge < -0.3 is 19.7 Å². The van der Waals surface area contributed by atoms with E-state index in [-0.39, 0.29) is 17.9 Å². The molecule has 0 aromatic heterocycles. The first-order valence-electron chi connectivity index (χ1n) is 11.2. The number of nitrogens with one attached hydrogen (secondary N) is 1. The molecule has 7 nitrogen and oxygen atoms in total. The molecule has 0 bridgehead atoms. The highest BCUT2D eigenvalue weighted by Gasteiger charge is 2.45. The number of amides is 2. The van der Waals surface area contributed by atoms with Crippen molar-refractivity contribution in [1.29, 1.82) is 0 Å². The molecule has 2 aliphatic heterocycles. The van der Waals surface area contributed by atoms with E-state index < -0.39 is 5.41 Å². The van der Waals surface area contributed by atoms with E-state index in [9.17, 15) is 9.59 Å². The lowest BCUT2D eigenvalue weighted by atomic mass is 9.77. The number of benzene rings is 1. The minimum atomic E-state index is -0.465. The van der Waals surface area contributed by atoms with Gasteiger partial charge in [0, 0.05) is 32.2 Å². The third kappa shape index (κ3) is 4.26. The number of fused-ring (bicyclic) bond motifs is 1. The summed E-state index contributed by atoms with van der Waals surface area (Å²) in [6.45, 7) is 8.23. The Hall–Kier alpha value is -2.28. The van der Waals surface area contributed by atoms with Gasteiger partial charge >= 0.3 is 0 Å². The van der Waals surface area contributed by atoms with Gasteiger partial charge in [0.2, 0.25) is 11.8 Å². The lowest BCUT2D eigenvalue weighted by Gasteiger charge is -2.40. The summed E-state index contributed by atoms with van der Waals surface area (Å²) >= 11 is 0. The van der Waals surface area contributed by atoms with Crippen molar-refractivity contribution in [3.8, 4) is 11.5 Å². The van der Waals surface area contributed by atoms with E-state index in [2.05, 4.69) is 10.2 Å². The van der Waals surface area contributed by atoms with E-state index in [0.29, 0.717) is 32.8 Å². The first-order valence-corrected chi connectivity index (χ1v) is 11.2. The monoisotopic (exact) mass is 415 g/mol. The van der Waals surface area contributed by atoms with Crippen molar-refractivity contribution < 1.29 is 19.1 Å². The van der Waals surface area contributed by atoms with Crippen LogP contribution < -0.4 is 14.8 Å². The Morgan fingerprint density at radius 2 is 1.70 bits per heavy atom. The molecule has 1 N–H and O–H groups in total. The predicted octanol–water partition coefficient (Wildman–Crippen LogP) is 1.94. The van der Waals surface area contributed by atoms with Gasteiger partial charge in [-0.05, 0) is 44.4 Å². The van der Waals surface area contributed by atoms with E-state index in [1.165, 1.54) is 0 Å². The van der Waals surface area contributed by atoms with Gasteiger partial charge in [-0.3, -0.25) is 14.5 Å². The van der Waals surface area contributed by atoms with E-state index in [4.69, 9.17) is 9.47 Å². The maximum absolute atomic E-state index is 13.7. The minimum absolute atomic E-state index is 0.0494. The Bertz CT molecular complexity index is 781. The van der Waals surface area contributed by atoms with Crippen LogP contribution in [0.3, 0.4) is 0 Å². The molecule has 164 valence electrons. The maximum atomic E-state index is 13.7. The van der Waals surface area contributed by atoms with Gasteiger partial charge in [-0.25, -0.2) is 0 Å². The van der Waals surface area contributed by atoms with Crippen LogP contribution in [0.25, 0.3) is 0 Å². The summed E-state index contributed by atoms with van der Waals surface area (Å²) in [5.41, 5.74) is 0.584. The summed E-state index contributed by atoms with van der Waals surface area (Å²) in [5.74, 6) is 1.79. The Balaban J connectivity index is 1.44. The van der Waals surface area contributed by atoms with Gasteiger partial charge in [0.25, 0.3) is 0 Å². The Morgan fingerprint density at radius 1 is 1.03 bits per heavy atom. The topological polar surface area (TPSA) is 71.1 Å². The van der Waals surface area contributed by atoms with Crippen LogP contribution in [0, 0.1) is 0 Å². The molecule has 0 atom stereocenters. The fourth-order valence-corrected chi connectivity index (χ4v) is 4.93. The van der Waals surface area contributed by atoms with E-state index in [1.54, 1.807) is 0 Å². The smallest absolute Gasteiger partial charge is 0.234 e. The number of rotatable bonds is 5. The van der Waals surface area contributed by atoms with Crippen LogP contribution >= 0.6 is 0 Å². The molecule has 1 aromatic carbocycles. The maximum Gasteiger partial charge on any atom is 0.234 e. The second kappa shape index (κ2) is 8.84. The number of carbonyl (C=O) groups excluding carboxylic acids is 2. The molecular formula is C23H33N3O4. The van der Waals surface area contributed by atoms with Gasteiger partial charge in [0.05, 0.1) is 12.0 Å². The zero-order chi connectivity index (χ0) is 21.1. The molecule has 2 amide bonds. The number of hydrogen-bond donors (Lipinski definition) is 1. The van der Waals surface area contributed by atoms with Crippen LogP contribution in [-0.4, -0.2) is 73.6 Å². The van der Waals surface area contributed by atoms with Crippen molar-refractivity contribution in [1.82, 2.24) is 15.1 Å². The largest absolute Gasteiger partial charge is 0.486 e. The van der Waals surface area contributed by atoms with Crippen LogP contribution in [0.1, 0.15) is 45.1 Å². The molecule has 30 heavy (non-hydrogen) atoms. The average molecular weight is 416 g/mol. The highest BCUT2D eigenvalue weighted by atomic mass is 16.6. The van der Waals surface area contributed by atoms with E-state index in [0.717, 1.165) is 55.8 Å². The summed E-state index contributed by atoms with van der Waals surface area (Å²) in [6, 6.07) is 6.16. The average Bonchev–Trinajstić information content (AvgIpc) is 3.24. The molecule has 1 saturated carbocycles. The van der Waals surface area contributed by atoms with Crippen LogP contribution in [0.5, 0.6) is 11.5 Å². The van der Waals surface area contributed by atoms with Gasteiger partial charge in [0.15, 0.2) is 11.5 Å². The van der Waals surface area contributed by atoms with Gasteiger partial charge in [-0.1, -0.05) is 18.9 Å². The van der Waals surface area contributed by atoms with E-state index in [1.807, 2.05) is 36.9 Å². The SMILES string of the molecule is CC(C)NC(=O)CN1CCN(C(=O)C2(c3ccc4c(c3)OCCO4)CCCC2)CC1. The number of nitrogens with zero attached hydrogens (tertiary/aromatic N) is 2. The zero-order valence-corrected chi connectivity index (χ0v) is 18.1. The van der Waals surface area contributed by atoms with Gasteiger partial charge in [-0.2, -0.15) is 0 Å². The molecule has 3 aliphatic rings. The molecule has 1 aromatic rings. The molecule has 1 aliphatic carbocycles. The molecule has 0 spiro atoms. The first kappa shape index (κ1) is 21.0. The van der Waals surface area contributed by atoms with Crippen molar-refractivity contribution in [2.75, 3.05) is 45.9 Å². The second-order valence-corrected chi connectivity index (χ2v) is 8.94. The number of ether oxygens (including phenoxy) is 2. The molecule has 1 saturated heterocycles. The third-order valence-electron chi connectivity index (χ3n) is 6.44. The van der Waals surface area contributed by atoms with Gasteiger partial charge in [-0.15, -0.1) is 0 Å². The summed E-state index contributed by atoms with van der Waals surface area (Å²) in [6.07, 6.45) is 3.88. The number of hydrogen-bond acceptors (Lipinski definition) is 5. The third-order valence-corrected chi connectivity index (χ3v) is 6.44. The molecule has 0 radical (unpaired) electrons. The quantitative estimate of drug-likeness (QED) is 0.796. The highest BCUT2D eigenvalue weighted by Crippen LogP contribution is 2.45. The minimum Gasteiger partial charge on any atom is -0.486 e. The highest BCUT2D eigenvalue weighted by molar-refractivity contribution is 5.89. The summed E-state index contributed by atoms with van der Waals surface area (Å²) in [4.78, 5) is 29.9. The second-order valence-electron chi connectivity index (χ2n) is 8.94. The van der Waals surface area contributed by atoms with Gasteiger partial charge in [0.1, 0.15) is 13.2 Å². The number of piperazine rings is 1. The molecule has 2 fully saturated rings. The lowest BCUT2D eigenvalue weighted by molar-refractivity contribution is -0.139. The summed E-state index contributed by atoms with van der Waals surface area (Å²) < 4.78 is 11.4. The Morgan fingerprint density at radius 3 is 2.37 bits per heavy atom. The Kier molecular flexibility index (Phi) is 6.18. The van der Waals surface area contributed by atoms with Crippen molar-refractivity contribution in [3.63, 3.8) is 0 Å². The standard InChI is InChI=1S/C23H33N3O4/c1-17(2)24-21(27)16-25-9-11-26(12-10-25)22(28)23(7-3-4-8-23)18-5-6-19-20(15-18)30-14-13-29-19/h5-6,15,17H,3-4,7-14,16H2,1-2H3,(H,24,27).